The molecule has 4 rings (SSSR count). The van der Waals surface area contributed by atoms with Gasteiger partial charge in [0.15, 0.2) is 0 Å². The number of nitrogens with zero attached hydrogens (tertiary/aromatic N) is 2. The van der Waals surface area contributed by atoms with Gasteiger partial charge in [-0.2, -0.15) is 0 Å². The number of aromatic nitrogens is 1. The first-order chi connectivity index (χ1) is 11.3. The summed E-state index contributed by atoms with van der Waals surface area (Å²) < 4.78 is 13.1. The lowest BCUT2D eigenvalue weighted by Crippen LogP contribution is -2.52. The fraction of sp³-hybridized carbons (Fsp3) is 0.500. The summed E-state index contributed by atoms with van der Waals surface area (Å²) in [6.07, 6.45) is 5.54. The van der Waals surface area contributed by atoms with Gasteiger partial charge in [0.25, 0.3) is 0 Å². The minimum absolute atomic E-state index is 0.193. The first-order valence-corrected chi connectivity index (χ1v) is 8.30. The Morgan fingerprint density at radius 2 is 2.26 bits per heavy atom. The van der Waals surface area contributed by atoms with Crippen LogP contribution in [0.4, 0.5) is 0 Å². The molecule has 2 aromatic rings. The van der Waals surface area contributed by atoms with Gasteiger partial charge in [-0.15, -0.1) is 0 Å². The molecule has 0 N–H and O–H groups in total. The summed E-state index contributed by atoms with van der Waals surface area (Å²) in [5.74, 6) is 1.03. The number of amides is 1. The van der Waals surface area contributed by atoms with E-state index >= 15 is 0 Å². The van der Waals surface area contributed by atoms with Crippen molar-refractivity contribution in [3.63, 3.8) is 0 Å². The number of benzene rings is 1. The van der Waals surface area contributed by atoms with E-state index in [9.17, 15) is 4.79 Å². The Labute approximate surface area is 135 Å². The highest BCUT2D eigenvalue weighted by Crippen LogP contribution is 2.30. The molecule has 23 heavy (non-hydrogen) atoms. The third-order valence-electron chi connectivity index (χ3n) is 5.09. The van der Waals surface area contributed by atoms with Crippen LogP contribution in [0.3, 0.4) is 0 Å². The van der Waals surface area contributed by atoms with Crippen LogP contribution in [-0.4, -0.2) is 47.8 Å². The maximum absolute atomic E-state index is 12.8. The van der Waals surface area contributed by atoms with Crippen LogP contribution in [0.5, 0.6) is 5.75 Å². The minimum atomic E-state index is 0.193. The van der Waals surface area contributed by atoms with Crippen LogP contribution in [0.15, 0.2) is 30.5 Å². The molecule has 1 aliphatic heterocycles. The van der Waals surface area contributed by atoms with E-state index in [1.807, 2.05) is 39.9 Å². The van der Waals surface area contributed by atoms with E-state index in [1.54, 1.807) is 7.11 Å². The van der Waals surface area contributed by atoms with Crippen LogP contribution >= 0.6 is 0 Å². The van der Waals surface area contributed by atoms with E-state index in [0.717, 1.165) is 35.9 Å². The maximum Gasteiger partial charge on any atom is 0.242 e. The average molecular weight is 314 g/mol. The first-order valence-electron chi connectivity index (χ1n) is 8.30. The van der Waals surface area contributed by atoms with E-state index in [-0.39, 0.29) is 18.1 Å². The molecule has 2 unspecified atom stereocenters. The highest BCUT2D eigenvalue weighted by atomic mass is 16.5. The summed E-state index contributed by atoms with van der Waals surface area (Å²) in [6, 6.07) is 8.25. The number of carbonyl (C=O) groups is 1. The SMILES string of the molecule is COc1ccc2c(ccn2CC(=O)N2CCOC3CCCC32)c1. The largest absolute Gasteiger partial charge is 0.497 e. The molecule has 0 radical (unpaired) electrons. The van der Waals surface area contributed by atoms with Gasteiger partial charge in [0.1, 0.15) is 12.3 Å². The average Bonchev–Trinajstić information content (AvgIpc) is 3.21. The summed E-state index contributed by atoms with van der Waals surface area (Å²) in [7, 11) is 1.66. The zero-order valence-corrected chi connectivity index (χ0v) is 13.4. The summed E-state index contributed by atoms with van der Waals surface area (Å²) >= 11 is 0. The van der Waals surface area contributed by atoms with Crippen LogP contribution in [-0.2, 0) is 16.1 Å². The molecule has 1 saturated heterocycles. The fourth-order valence-corrected chi connectivity index (χ4v) is 3.91. The molecule has 2 fully saturated rings. The predicted molar refractivity (Wildman–Crippen MR) is 87.6 cm³/mol. The number of methoxy groups -OCH3 is 1. The van der Waals surface area contributed by atoms with Gasteiger partial charge in [-0.05, 0) is 43.5 Å². The van der Waals surface area contributed by atoms with Crippen LogP contribution < -0.4 is 4.74 Å². The second-order valence-electron chi connectivity index (χ2n) is 6.36. The molecule has 2 aliphatic rings. The van der Waals surface area contributed by atoms with Gasteiger partial charge in [0, 0.05) is 23.6 Å². The van der Waals surface area contributed by atoms with Crippen molar-refractivity contribution in [3.8, 4) is 5.75 Å². The first kappa shape index (κ1) is 14.6. The Kier molecular flexibility index (Phi) is 3.73. The molecule has 5 nitrogen and oxygen atoms in total. The van der Waals surface area contributed by atoms with E-state index in [1.165, 1.54) is 0 Å². The second-order valence-corrected chi connectivity index (χ2v) is 6.36. The van der Waals surface area contributed by atoms with Crippen molar-refractivity contribution in [3.05, 3.63) is 30.5 Å². The third-order valence-corrected chi connectivity index (χ3v) is 5.09. The molecule has 0 bridgehead atoms. The number of hydrogen-bond acceptors (Lipinski definition) is 3. The number of carbonyl (C=O) groups excluding carboxylic acids is 1. The Balaban J connectivity index is 1.54. The molecular weight excluding hydrogens is 292 g/mol. The van der Waals surface area contributed by atoms with Gasteiger partial charge in [-0.1, -0.05) is 0 Å². The van der Waals surface area contributed by atoms with Gasteiger partial charge in [-0.3, -0.25) is 4.79 Å². The normalized spacial score (nSPS) is 24.0. The monoisotopic (exact) mass is 314 g/mol. The number of morpholine rings is 1. The van der Waals surface area contributed by atoms with Crippen LogP contribution in [0.1, 0.15) is 19.3 Å². The van der Waals surface area contributed by atoms with Crippen molar-refractivity contribution in [2.24, 2.45) is 0 Å². The number of rotatable bonds is 3. The van der Waals surface area contributed by atoms with Crippen LogP contribution in [0.2, 0.25) is 0 Å². The Bertz CT molecular complexity index is 724. The molecule has 5 heteroatoms. The highest BCUT2D eigenvalue weighted by Gasteiger charge is 2.38. The van der Waals surface area contributed by atoms with Crippen molar-refractivity contribution in [1.29, 1.82) is 0 Å². The smallest absolute Gasteiger partial charge is 0.242 e. The molecule has 2 atom stereocenters. The zero-order chi connectivity index (χ0) is 15.8. The summed E-state index contributed by atoms with van der Waals surface area (Å²) in [5, 5.41) is 1.10. The van der Waals surface area contributed by atoms with Gasteiger partial charge in [0.2, 0.25) is 5.91 Å². The van der Waals surface area contributed by atoms with Gasteiger partial charge >= 0.3 is 0 Å². The molecule has 1 amide bonds. The predicted octanol–water partition coefficient (Wildman–Crippen LogP) is 2.43. The van der Waals surface area contributed by atoms with Crippen molar-refractivity contribution < 1.29 is 14.3 Å². The molecule has 122 valence electrons. The van der Waals surface area contributed by atoms with E-state index in [2.05, 4.69) is 0 Å². The lowest BCUT2D eigenvalue weighted by molar-refractivity contribution is -0.144. The van der Waals surface area contributed by atoms with Crippen molar-refractivity contribution in [1.82, 2.24) is 9.47 Å². The summed E-state index contributed by atoms with van der Waals surface area (Å²) in [4.78, 5) is 14.8. The van der Waals surface area contributed by atoms with Crippen molar-refractivity contribution in [2.75, 3.05) is 20.3 Å². The molecule has 1 aromatic heterocycles. The lowest BCUT2D eigenvalue weighted by Gasteiger charge is -2.37. The van der Waals surface area contributed by atoms with E-state index in [4.69, 9.17) is 9.47 Å². The quantitative estimate of drug-likeness (QED) is 0.874. The van der Waals surface area contributed by atoms with Gasteiger partial charge in [-0.25, -0.2) is 0 Å². The Morgan fingerprint density at radius 1 is 1.35 bits per heavy atom. The Hall–Kier alpha value is -2.01. The zero-order valence-electron chi connectivity index (χ0n) is 13.4. The third kappa shape index (κ3) is 2.59. The molecule has 1 saturated carbocycles. The maximum atomic E-state index is 12.8. The van der Waals surface area contributed by atoms with Crippen molar-refractivity contribution >= 4 is 16.8 Å². The lowest BCUT2D eigenvalue weighted by atomic mass is 10.1. The summed E-state index contributed by atoms with van der Waals surface area (Å²) in [5.41, 5.74) is 1.07. The van der Waals surface area contributed by atoms with Crippen molar-refractivity contribution in [2.45, 2.75) is 38.0 Å². The molecule has 2 heterocycles. The Morgan fingerprint density at radius 3 is 3.13 bits per heavy atom. The van der Waals surface area contributed by atoms with E-state index < -0.39 is 0 Å². The number of fused-ring (bicyclic) bond motifs is 2. The number of hydrogen-bond donors (Lipinski definition) is 0. The fourth-order valence-electron chi connectivity index (χ4n) is 3.91. The molecular formula is C18H22N2O3. The molecule has 1 aliphatic carbocycles. The number of ether oxygens (including phenoxy) is 2. The van der Waals surface area contributed by atoms with E-state index in [0.29, 0.717) is 19.7 Å². The molecule has 0 spiro atoms. The standard InChI is InChI=1S/C18H22N2O3/c1-22-14-5-6-15-13(11-14)7-8-19(15)12-18(21)20-9-10-23-17-4-2-3-16(17)20/h5-8,11,16-17H,2-4,9-10,12H2,1H3. The summed E-state index contributed by atoms with van der Waals surface area (Å²) in [6.45, 7) is 1.77. The van der Waals surface area contributed by atoms with Crippen LogP contribution in [0.25, 0.3) is 10.9 Å². The second kappa shape index (κ2) is 5.89. The van der Waals surface area contributed by atoms with Gasteiger partial charge in [0.05, 0.1) is 25.9 Å². The van der Waals surface area contributed by atoms with Gasteiger partial charge < -0.3 is 18.9 Å². The minimum Gasteiger partial charge on any atom is -0.497 e. The van der Waals surface area contributed by atoms with Crippen LogP contribution in [0, 0.1) is 0 Å². The molecule has 1 aromatic carbocycles. The highest BCUT2D eigenvalue weighted by molar-refractivity contribution is 5.84. The topological polar surface area (TPSA) is 43.7 Å².